The van der Waals surface area contributed by atoms with Crippen molar-refractivity contribution in [3.63, 3.8) is 0 Å². The molecule has 0 amide bonds. The molecule has 1 aliphatic heterocycles. The third-order valence-corrected chi connectivity index (χ3v) is 2.97. The molecule has 1 aromatic carbocycles. The monoisotopic (exact) mass is 289 g/mol. The van der Waals surface area contributed by atoms with Crippen molar-refractivity contribution in [2.45, 2.75) is 0 Å². The van der Waals surface area contributed by atoms with Crippen LogP contribution in [0.1, 0.15) is 5.56 Å². The Bertz CT molecular complexity index is 538. The normalized spacial score (nSPS) is 17.2. The second-order valence-corrected chi connectivity index (χ2v) is 4.39. The maximum Gasteiger partial charge on any atom is 0.367 e. The molecule has 0 N–H and O–H groups in total. The van der Waals surface area contributed by atoms with E-state index in [4.69, 9.17) is 34.8 Å². The van der Waals surface area contributed by atoms with Gasteiger partial charge in [0.05, 0.1) is 11.5 Å². The highest BCUT2D eigenvalue weighted by Gasteiger charge is 2.24. The first-order valence-corrected chi connectivity index (χ1v) is 5.92. The quantitative estimate of drug-likeness (QED) is 0.475. The maximum absolute atomic E-state index is 11.4. The van der Waals surface area contributed by atoms with Crippen molar-refractivity contribution in [2.75, 3.05) is 5.88 Å². The van der Waals surface area contributed by atoms with Crippen LogP contribution >= 0.6 is 34.8 Å². The summed E-state index contributed by atoms with van der Waals surface area (Å²) in [6, 6.07) is 4.97. The summed E-state index contributed by atoms with van der Waals surface area (Å²) in [6.45, 7) is 0. The summed E-state index contributed by atoms with van der Waals surface area (Å²) in [5.41, 5.74) is 1.36. The van der Waals surface area contributed by atoms with Crippen molar-refractivity contribution in [2.24, 2.45) is 5.16 Å². The van der Waals surface area contributed by atoms with Gasteiger partial charge in [-0.3, -0.25) is 0 Å². The van der Waals surface area contributed by atoms with E-state index in [1.165, 1.54) is 0 Å². The Hall–Kier alpha value is -1.03. The average molecular weight is 291 g/mol. The van der Waals surface area contributed by atoms with E-state index in [1.807, 2.05) is 0 Å². The molecule has 17 heavy (non-hydrogen) atoms. The summed E-state index contributed by atoms with van der Waals surface area (Å²) in [7, 11) is 0. The summed E-state index contributed by atoms with van der Waals surface area (Å²) in [6.07, 6.45) is 1.58. The number of hydrogen-bond acceptors (Lipinski definition) is 3. The van der Waals surface area contributed by atoms with Gasteiger partial charge in [-0.05, 0) is 23.8 Å². The summed E-state index contributed by atoms with van der Waals surface area (Å²) < 4.78 is 0. The number of benzene rings is 1. The van der Waals surface area contributed by atoms with Crippen molar-refractivity contribution in [3.05, 3.63) is 39.4 Å². The molecule has 0 atom stereocenters. The second kappa shape index (κ2) is 5.08. The highest BCUT2D eigenvalue weighted by molar-refractivity contribution is 6.39. The van der Waals surface area contributed by atoms with Crippen LogP contribution in [0.15, 0.2) is 28.9 Å². The molecule has 88 valence electrons. The number of halogens is 3. The molecule has 0 radical (unpaired) electrons. The van der Waals surface area contributed by atoms with Crippen LogP contribution in [0.2, 0.25) is 10.0 Å². The maximum atomic E-state index is 11.4. The molecule has 0 saturated heterocycles. The summed E-state index contributed by atoms with van der Waals surface area (Å²) in [5.74, 6) is -0.436. The number of oxime groups is 1. The molecule has 0 aliphatic carbocycles. The third kappa shape index (κ3) is 2.63. The number of alkyl halides is 1. The Morgan fingerprint density at radius 2 is 2.12 bits per heavy atom. The summed E-state index contributed by atoms with van der Waals surface area (Å²) in [4.78, 5) is 15.9. The topological polar surface area (TPSA) is 38.7 Å². The van der Waals surface area contributed by atoms with Crippen molar-refractivity contribution in [1.82, 2.24) is 0 Å². The minimum Gasteiger partial charge on any atom is -0.312 e. The smallest absolute Gasteiger partial charge is 0.312 e. The van der Waals surface area contributed by atoms with Gasteiger partial charge >= 0.3 is 5.97 Å². The molecular weight excluding hydrogens is 284 g/mol. The van der Waals surface area contributed by atoms with E-state index in [0.29, 0.717) is 26.9 Å². The molecule has 1 aliphatic rings. The fourth-order valence-electron chi connectivity index (χ4n) is 1.33. The molecule has 1 aromatic rings. The Morgan fingerprint density at radius 3 is 2.76 bits per heavy atom. The molecule has 3 nitrogen and oxygen atoms in total. The molecule has 6 heteroatoms. The highest BCUT2D eigenvalue weighted by atomic mass is 35.5. The van der Waals surface area contributed by atoms with Crippen LogP contribution in [0.25, 0.3) is 6.08 Å². The lowest BCUT2D eigenvalue weighted by atomic mass is 10.1. The first-order valence-electron chi connectivity index (χ1n) is 4.63. The Labute approximate surface area is 113 Å². The van der Waals surface area contributed by atoms with Gasteiger partial charge in [0.2, 0.25) is 0 Å². The molecule has 0 spiro atoms. The van der Waals surface area contributed by atoms with Crippen molar-refractivity contribution in [1.29, 1.82) is 0 Å². The Kier molecular flexibility index (Phi) is 3.72. The van der Waals surface area contributed by atoms with E-state index in [-0.39, 0.29) is 5.88 Å². The van der Waals surface area contributed by atoms with E-state index in [9.17, 15) is 4.79 Å². The van der Waals surface area contributed by atoms with Gasteiger partial charge in [-0.1, -0.05) is 34.4 Å². The summed E-state index contributed by atoms with van der Waals surface area (Å²) in [5, 5.41) is 4.53. The summed E-state index contributed by atoms with van der Waals surface area (Å²) >= 11 is 17.4. The van der Waals surface area contributed by atoms with Crippen molar-refractivity contribution < 1.29 is 9.63 Å². The standard InChI is InChI=1S/C11H6Cl3NO2/c12-5-10-8(11(16)17-15-10)3-6-1-2-7(13)4-9(6)14/h1-4H,5H2/b8-3-. The Morgan fingerprint density at radius 1 is 1.35 bits per heavy atom. The lowest BCUT2D eigenvalue weighted by molar-refractivity contribution is -0.136. The van der Waals surface area contributed by atoms with Crippen LogP contribution in [0.5, 0.6) is 0 Å². The zero-order valence-corrected chi connectivity index (χ0v) is 10.7. The van der Waals surface area contributed by atoms with Crippen LogP contribution < -0.4 is 0 Å². The van der Waals surface area contributed by atoms with Gasteiger partial charge in [-0.25, -0.2) is 4.79 Å². The number of carbonyl (C=O) groups excluding carboxylic acids is 1. The second-order valence-electron chi connectivity index (χ2n) is 3.27. The van der Waals surface area contributed by atoms with Gasteiger partial charge in [0.15, 0.2) is 0 Å². The lowest BCUT2D eigenvalue weighted by Crippen LogP contribution is -2.06. The van der Waals surface area contributed by atoms with E-state index in [1.54, 1.807) is 24.3 Å². The van der Waals surface area contributed by atoms with Gasteiger partial charge in [0.25, 0.3) is 0 Å². The van der Waals surface area contributed by atoms with Crippen molar-refractivity contribution in [3.8, 4) is 0 Å². The van der Waals surface area contributed by atoms with Gasteiger partial charge in [-0.2, -0.15) is 0 Å². The van der Waals surface area contributed by atoms with Gasteiger partial charge < -0.3 is 4.84 Å². The zero-order chi connectivity index (χ0) is 12.4. The molecule has 1 heterocycles. The minimum atomic E-state index is -0.535. The minimum absolute atomic E-state index is 0.1000. The predicted molar refractivity (Wildman–Crippen MR) is 68.7 cm³/mol. The van der Waals surface area contributed by atoms with Crippen LogP contribution in [-0.2, 0) is 9.63 Å². The van der Waals surface area contributed by atoms with Gasteiger partial charge in [0, 0.05) is 10.0 Å². The predicted octanol–water partition coefficient (Wildman–Crippen LogP) is 3.53. The van der Waals surface area contributed by atoms with E-state index in [0.717, 1.165) is 0 Å². The van der Waals surface area contributed by atoms with Crippen molar-refractivity contribution >= 4 is 52.6 Å². The van der Waals surface area contributed by atoms with Crippen LogP contribution in [0, 0.1) is 0 Å². The first-order chi connectivity index (χ1) is 8.11. The van der Waals surface area contributed by atoms with E-state index < -0.39 is 5.97 Å². The van der Waals surface area contributed by atoms with E-state index in [2.05, 4.69) is 9.99 Å². The average Bonchev–Trinajstić information content (AvgIpc) is 2.64. The lowest BCUT2D eigenvalue weighted by Gasteiger charge is -2.00. The largest absolute Gasteiger partial charge is 0.367 e. The van der Waals surface area contributed by atoms with E-state index >= 15 is 0 Å². The Balaban J connectivity index is 2.42. The zero-order valence-electron chi connectivity index (χ0n) is 8.41. The molecular formula is C11H6Cl3NO2. The number of carbonyl (C=O) groups is 1. The molecule has 0 unspecified atom stereocenters. The number of rotatable bonds is 2. The number of nitrogens with zero attached hydrogens (tertiary/aromatic N) is 1. The molecule has 2 rings (SSSR count). The number of hydrogen-bond donors (Lipinski definition) is 0. The van der Waals surface area contributed by atoms with Gasteiger partial charge in [-0.15, -0.1) is 11.6 Å². The van der Waals surface area contributed by atoms with Gasteiger partial charge in [0.1, 0.15) is 5.71 Å². The van der Waals surface area contributed by atoms with Crippen LogP contribution in [0.4, 0.5) is 0 Å². The van der Waals surface area contributed by atoms with Crippen LogP contribution in [0.3, 0.4) is 0 Å². The van der Waals surface area contributed by atoms with Crippen LogP contribution in [-0.4, -0.2) is 17.6 Å². The highest BCUT2D eigenvalue weighted by Crippen LogP contribution is 2.25. The fraction of sp³-hybridized carbons (Fsp3) is 0.0909. The fourth-order valence-corrected chi connectivity index (χ4v) is 1.98. The molecule has 0 aromatic heterocycles. The molecule has 0 fully saturated rings. The molecule has 0 bridgehead atoms. The molecule has 0 saturated carbocycles. The first kappa shape index (κ1) is 12.4. The SMILES string of the molecule is O=C1ON=C(CCl)/C1=C/c1ccc(Cl)cc1Cl. The third-order valence-electron chi connectivity index (χ3n) is 2.16.